The molecule has 0 radical (unpaired) electrons. The van der Waals surface area contributed by atoms with Gasteiger partial charge < -0.3 is 13.6 Å². The van der Waals surface area contributed by atoms with Crippen molar-refractivity contribution in [3.8, 4) is 17.3 Å². The molecule has 0 bridgehead atoms. The fourth-order valence-corrected chi connectivity index (χ4v) is 3.50. The molecule has 0 atom stereocenters. The van der Waals surface area contributed by atoms with E-state index in [1.807, 2.05) is 55.5 Å². The second kappa shape index (κ2) is 8.03. The molecule has 32 heavy (non-hydrogen) atoms. The summed E-state index contributed by atoms with van der Waals surface area (Å²) in [4.78, 5) is 18.0. The second-order valence-corrected chi connectivity index (χ2v) is 7.20. The highest BCUT2D eigenvalue weighted by molar-refractivity contribution is 5.89. The van der Waals surface area contributed by atoms with Gasteiger partial charge >= 0.3 is 0 Å². The highest BCUT2D eigenvalue weighted by Crippen LogP contribution is 2.32. The number of rotatable bonds is 5. The van der Waals surface area contributed by atoms with E-state index in [0.29, 0.717) is 39.6 Å². The number of furan rings is 2. The highest BCUT2D eigenvalue weighted by Gasteiger charge is 2.17. The quantitative estimate of drug-likeness (QED) is 0.355. The van der Waals surface area contributed by atoms with Gasteiger partial charge in [0, 0.05) is 0 Å². The van der Waals surface area contributed by atoms with E-state index in [4.69, 9.17) is 13.6 Å². The normalized spacial score (nSPS) is 12.2. The Morgan fingerprint density at radius 3 is 2.78 bits per heavy atom. The Bertz CT molecular complexity index is 1540. The van der Waals surface area contributed by atoms with Gasteiger partial charge in [0.1, 0.15) is 17.1 Å². The number of nitrogens with zero attached hydrogens (tertiary/aromatic N) is 3. The van der Waals surface area contributed by atoms with Crippen LogP contribution in [-0.2, 0) is 0 Å². The molecule has 0 aliphatic carbocycles. The van der Waals surface area contributed by atoms with E-state index in [0.717, 1.165) is 11.0 Å². The molecular weight excluding hydrogens is 406 g/mol. The predicted octanol–water partition coefficient (Wildman–Crippen LogP) is 5.35. The van der Waals surface area contributed by atoms with Crippen molar-refractivity contribution in [2.45, 2.75) is 6.92 Å². The monoisotopic (exact) mass is 425 g/mol. The van der Waals surface area contributed by atoms with Crippen LogP contribution in [0.2, 0.25) is 0 Å². The molecular formula is C25H19N3O4. The maximum Gasteiger partial charge on any atom is 0.282 e. The Morgan fingerprint density at radius 2 is 1.97 bits per heavy atom. The maximum atomic E-state index is 13.3. The van der Waals surface area contributed by atoms with Crippen molar-refractivity contribution in [3.63, 3.8) is 0 Å². The predicted molar refractivity (Wildman–Crippen MR) is 124 cm³/mol. The minimum absolute atomic E-state index is 0.292. The molecule has 0 saturated heterocycles. The summed E-state index contributed by atoms with van der Waals surface area (Å²) in [7, 11) is 1.60. The molecule has 0 unspecified atom stereocenters. The molecule has 0 N–H and O–H groups in total. The number of hydrogen-bond acceptors (Lipinski definition) is 6. The first-order chi connectivity index (χ1) is 15.6. The summed E-state index contributed by atoms with van der Waals surface area (Å²) in [6.07, 6.45) is 5.02. The smallest absolute Gasteiger partial charge is 0.282 e. The largest absolute Gasteiger partial charge is 0.496 e. The number of allylic oxidation sites excluding steroid dienone is 1. The Morgan fingerprint density at radius 1 is 1.09 bits per heavy atom. The molecule has 5 aromatic rings. The lowest BCUT2D eigenvalue weighted by Crippen LogP contribution is -2.20. The molecule has 3 heterocycles. The van der Waals surface area contributed by atoms with E-state index in [2.05, 4.69) is 10.1 Å². The highest BCUT2D eigenvalue weighted by atomic mass is 16.5. The molecule has 0 aliphatic heterocycles. The van der Waals surface area contributed by atoms with Crippen LogP contribution in [0.4, 0.5) is 0 Å². The van der Waals surface area contributed by atoms with Crippen LogP contribution in [0.25, 0.3) is 39.5 Å². The van der Waals surface area contributed by atoms with Crippen LogP contribution < -0.4 is 10.3 Å². The van der Waals surface area contributed by atoms with E-state index in [-0.39, 0.29) is 5.56 Å². The van der Waals surface area contributed by atoms with Gasteiger partial charge in [0.2, 0.25) is 5.82 Å². The lowest BCUT2D eigenvalue weighted by atomic mass is 10.2. The molecule has 0 aliphatic rings. The van der Waals surface area contributed by atoms with Crippen LogP contribution in [0.5, 0.6) is 5.75 Å². The van der Waals surface area contributed by atoms with Crippen molar-refractivity contribution in [2.75, 3.05) is 7.11 Å². The number of fused-ring (bicyclic) bond motifs is 2. The van der Waals surface area contributed by atoms with Crippen molar-refractivity contribution in [1.82, 2.24) is 9.66 Å². The van der Waals surface area contributed by atoms with Crippen molar-refractivity contribution >= 4 is 34.2 Å². The fourth-order valence-electron chi connectivity index (χ4n) is 3.50. The topological polar surface area (TPSA) is 82.8 Å². The van der Waals surface area contributed by atoms with Crippen LogP contribution >= 0.6 is 0 Å². The van der Waals surface area contributed by atoms with Crippen molar-refractivity contribution in [1.29, 1.82) is 0 Å². The Kier molecular flexibility index (Phi) is 4.91. The number of ether oxygens (including phenoxy) is 1. The fraction of sp³-hybridized carbons (Fsp3) is 0.0800. The molecule has 3 aromatic heterocycles. The first-order valence-corrected chi connectivity index (χ1v) is 9.99. The van der Waals surface area contributed by atoms with E-state index in [9.17, 15) is 4.79 Å². The number of benzene rings is 2. The van der Waals surface area contributed by atoms with Gasteiger partial charge in [-0.05, 0) is 61.0 Å². The zero-order valence-electron chi connectivity index (χ0n) is 17.5. The van der Waals surface area contributed by atoms with Crippen molar-refractivity contribution in [3.05, 3.63) is 88.6 Å². The third-order valence-corrected chi connectivity index (χ3v) is 5.01. The summed E-state index contributed by atoms with van der Waals surface area (Å²) in [6.45, 7) is 1.87. The first kappa shape index (κ1) is 19.6. The van der Waals surface area contributed by atoms with Crippen molar-refractivity contribution < 1.29 is 13.6 Å². The van der Waals surface area contributed by atoms with E-state index in [1.54, 1.807) is 37.8 Å². The Labute approximate surface area is 182 Å². The third-order valence-electron chi connectivity index (χ3n) is 5.01. The zero-order chi connectivity index (χ0) is 22.1. The molecule has 158 valence electrons. The molecule has 2 aromatic carbocycles. The first-order valence-electron chi connectivity index (χ1n) is 9.99. The summed E-state index contributed by atoms with van der Waals surface area (Å²) in [5, 5.41) is 5.70. The number of hydrogen-bond donors (Lipinski definition) is 0. The zero-order valence-corrected chi connectivity index (χ0v) is 17.5. The maximum absolute atomic E-state index is 13.3. The second-order valence-electron chi connectivity index (χ2n) is 7.20. The van der Waals surface area contributed by atoms with Crippen LogP contribution in [0.3, 0.4) is 0 Å². The molecule has 0 fully saturated rings. The number of methoxy groups -OCH3 is 1. The van der Waals surface area contributed by atoms with Crippen molar-refractivity contribution in [2.24, 2.45) is 5.10 Å². The van der Waals surface area contributed by atoms with E-state index in [1.165, 1.54) is 4.68 Å². The molecule has 7 nitrogen and oxygen atoms in total. The van der Waals surface area contributed by atoms with Crippen LogP contribution in [-0.4, -0.2) is 23.0 Å². The summed E-state index contributed by atoms with van der Waals surface area (Å²) in [6, 6.07) is 18.1. The summed E-state index contributed by atoms with van der Waals surface area (Å²) in [5.41, 5.74) is 1.71. The van der Waals surface area contributed by atoms with E-state index >= 15 is 0 Å². The number of aromatic nitrogens is 2. The van der Waals surface area contributed by atoms with Gasteiger partial charge in [-0.25, -0.2) is 4.98 Å². The number of para-hydroxylation sites is 1. The molecule has 0 saturated carbocycles. The molecule has 7 heteroatoms. The standard InChI is InChI=1S/C25H19N3O4/c1-16(13-17-7-6-12-31-17)15-26-28-24(27-20-9-4-3-8-18(20)25(28)29)23-14-19-21(30-2)10-5-11-22(19)32-23/h3-15H,1-2H3/b16-13+,26-15?. The SMILES string of the molecule is COc1cccc2oc(-c3nc4ccccc4c(=O)n3N=C/C(C)=C/c3ccco3)cc12. The van der Waals surface area contributed by atoms with E-state index < -0.39 is 0 Å². The van der Waals surface area contributed by atoms with Crippen LogP contribution in [0.15, 0.2) is 91.2 Å². The minimum atomic E-state index is -0.292. The van der Waals surface area contributed by atoms with Gasteiger partial charge in [-0.3, -0.25) is 4.79 Å². The molecule has 0 spiro atoms. The third kappa shape index (κ3) is 3.50. The summed E-state index contributed by atoms with van der Waals surface area (Å²) in [5.74, 6) is 2.08. The van der Waals surface area contributed by atoms with Crippen LogP contribution in [0, 0.1) is 0 Å². The van der Waals surface area contributed by atoms with Gasteiger partial charge in [0.05, 0.1) is 35.9 Å². The Hall–Kier alpha value is -4.39. The molecule has 5 rings (SSSR count). The van der Waals surface area contributed by atoms with Crippen LogP contribution in [0.1, 0.15) is 12.7 Å². The average molecular weight is 425 g/mol. The minimum Gasteiger partial charge on any atom is -0.496 e. The lowest BCUT2D eigenvalue weighted by molar-refractivity contribution is 0.419. The Balaban J connectivity index is 1.70. The van der Waals surface area contributed by atoms with Gasteiger partial charge in [0.15, 0.2) is 5.76 Å². The van der Waals surface area contributed by atoms with Gasteiger partial charge in [0.25, 0.3) is 5.56 Å². The summed E-state index contributed by atoms with van der Waals surface area (Å²) < 4.78 is 18.1. The molecule has 0 amide bonds. The average Bonchev–Trinajstić information content (AvgIpc) is 3.48. The lowest BCUT2D eigenvalue weighted by Gasteiger charge is -2.07. The van der Waals surface area contributed by atoms with Gasteiger partial charge in [-0.1, -0.05) is 18.2 Å². The van der Waals surface area contributed by atoms with Gasteiger partial charge in [-0.2, -0.15) is 9.78 Å². The summed E-state index contributed by atoms with van der Waals surface area (Å²) >= 11 is 0. The van der Waals surface area contributed by atoms with Gasteiger partial charge in [-0.15, -0.1) is 0 Å².